The minimum absolute atomic E-state index is 0.0193. The number of likely N-dealkylation sites (N-methyl/N-ethyl adjacent to an activating group) is 1. The number of aromatic nitrogens is 3. The molecule has 3 N–H and O–H groups in total. The summed E-state index contributed by atoms with van der Waals surface area (Å²) in [4.78, 5) is 26.4. The predicted octanol–water partition coefficient (Wildman–Crippen LogP) is 3.61. The Labute approximate surface area is 192 Å². The molecule has 1 fully saturated rings. The maximum absolute atomic E-state index is 11.4. The number of aromatic amines is 1. The fourth-order valence-electron chi connectivity index (χ4n) is 4.01. The van der Waals surface area contributed by atoms with Crippen LogP contribution in [0.25, 0.3) is 22.6 Å². The summed E-state index contributed by atoms with van der Waals surface area (Å²) in [5.41, 5.74) is 4.20. The number of carbonyl (C=O) groups excluding carboxylic acids is 1. The van der Waals surface area contributed by atoms with Gasteiger partial charge >= 0.3 is 0 Å². The highest BCUT2D eigenvalue weighted by atomic mass is 35.5. The summed E-state index contributed by atoms with van der Waals surface area (Å²) in [5.74, 6) is 1.18. The van der Waals surface area contributed by atoms with Crippen LogP contribution < -0.4 is 15.4 Å². The Morgan fingerprint density at radius 2 is 2.12 bits per heavy atom. The van der Waals surface area contributed by atoms with E-state index >= 15 is 0 Å². The van der Waals surface area contributed by atoms with Crippen LogP contribution in [0.1, 0.15) is 25.3 Å². The molecular weight excluding hydrogens is 428 g/mol. The third-order valence-corrected chi connectivity index (χ3v) is 6.25. The summed E-state index contributed by atoms with van der Waals surface area (Å²) in [6.45, 7) is 7.42. The van der Waals surface area contributed by atoms with Crippen molar-refractivity contribution < 1.29 is 9.53 Å². The molecule has 1 amide bonds. The van der Waals surface area contributed by atoms with Crippen LogP contribution in [0.2, 0.25) is 5.02 Å². The van der Waals surface area contributed by atoms with Gasteiger partial charge < -0.3 is 25.3 Å². The van der Waals surface area contributed by atoms with Crippen molar-refractivity contribution in [2.24, 2.45) is 0 Å². The van der Waals surface area contributed by atoms with Crippen molar-refractivity contribution in [1.82, 2.24) is 25.2 Å². The maximum Gasteiger partial charge on any atom is 0.257 e. The lowest BCUT2D eigenvalue weighted by Crippen LogP contribution is -2.38. The Kier molecular flexibility index (Phi) is 6.81. The second-order valence-corrected chi connectivity index (χ2v) is 8.46. The van der Waals surface area contributed by atoms with E-state index in [1.807, 2.05) is 25.1 Å². The number of halogens is 1. The number of nitrogens with zero attached hydrogens (tertiary/aromatic N) is 3. The van der Waals surface area contributed by atoms with Gasteiger partial charge in [0.25, 0.3) is 5.91 Å². The number of pyridine rings is 1. The zero-order valence-electron chi connectivity index (χ0n) is 18.7. The largest absolute Gasteiger partial charge is 0.484 e. The number of anilines is 1. The molecular formula is C23H29ClN6O2. The number of ether oxygens (including phenoxy) is 1. The number of aryl methyl sites for hydroxylation is 1. The van der Waals surface area contributed by atoms with Crippen molar-refractivity contribution in [3.05, 3.63) is 35.0 Å². The van der Waals surface area contributed by atoms with Gasteiger partial charge in [0.15, 0.2) is 12.3 Å². The number of benzene rings is 1. The van der Waals surface area contributed by atoms with Gasteiger partial charge in [0.2, 0.25) is 0 Å². The molecule has 0 atom stereocenters. The van der Waals surface area contributed by atoms with Gasteiger partial charge in [-0.1, -0.05) is 18.5 Å². The van der Waals surface area contributed by atoms with Crippen LogP contribution in [0, 0.1) is 6.92 Å². The first-order valence-electron chi connectivity index (χ1n) is 11.0. The molecule has 170 valence electrons. The maximum atomic E-state index is 11.4. The van der Waals surface area contributed by atoms with Crippen molar-refractivity contribution in [3.8, 4) is 17.1 Å². The molecule has 0 radical (unpaired) electrons. The van der Waals surface area contributed by atoms with Crippen LogP contribution >= 0.6 is 11.6 Å². The molecule has 9 heteroatoms. The molecule has 3 aromatic rings. The van der Waals surface area contributed by atoms with Gasteiger partial charge in [0.05, 0.1) is 16.9 Å². The van der Waals surface area contributed by atoms with Crippen molar-refractivity contribution in [2.45, 2.75) is 32.7 Å². The van der Waals surface area contributed by atoms with Crippen LogP contribution in [-0.2, 0) is 4.79 Å². The normalized spacial score (nSPS) is 15.1. The first kappa shape index (κ1) is 22.4. The topological polar surface area (TPSA) is 95.2 Å². The molecule has 1 aliphatic heterocycles. The number of fused-ring (bicyclic) bond motifs is 1. The molecule has 2 aromatic heterocycles. The molecule has 1 aliphatic rings. The van der Waals surface area contributed by atoms with Gasteiger partial charge in [0, 0.05) is 31.7 Å². The number of nitrogens with one attached hydrogen (secondary N) is 3. The molecule has 3 heterocycles. The van der Waals surface area contributed by atoms with E-state index in [1.165, 1.54) is 0 Å². The Bertz CT molecular complexity index is 1110. The van der Waals surface area contributed by atoms with Crippen molar-refractivity contribution in [1.29, 1.82) is 0 Å². The number of likely N-dealkylation sites (tertiary alicyclic amines) is 1. The molecule has 4 rings (SSSR count). The second kappa shape index (κ2) is 9.75. The Morgan fingerprint density at radius 1 is 1.34 bits per heavy atom. The van der Waals surface area contributed by atoms with E-state index in [0.29, 0.717) is 28.3 Å². The molecule has 1 aromatic carbocycles. The van der Waals surface area contributed by atoms with Crippen molar-refractivity contribution in [3.63, 3.8) is 0 Å². The Hall–Kier alpha value is -2.84. The van der Waals surface area contributed by atoms with Gasteiger partial charge in [0.1, 0.15) is 17.1 Å². The molecule has 0 spiro atoms. The Balaban J connectivity index is 1.57. The predicted molar refractivity (Wildman–Crippen MR) is 127 cm³/mol. The first-order chi connectivity index (χ1) is 15.5. The highest BCUT2D eigenvalue weighted by Crippen LogP contribution is 2.33. The number of rotatable bonds is 7. The molecule has 8 nitrogen and oxygen atoms in total. The van der Waals surface area contributed by atoms with Crippen molar-refractivity contribution >= 4 is 34.4 Å². The standard InChI is InChI=1S/C23H29ClN6O2/c1-4-30-9-7-15(8-10-30)27-20-18(24)12-26-23-21(20)28-22(29-23)17-6-5-16(11-14(17)2)32-13-19(31)25-3/h5-6,11-12,15H,4,7-10,13H2,1-3H3,(H,25,31)(H2,26,27,28,29). The van der Waals surface area contributed by atoms with Crippen LogP contribution in [-0.4, -0.2) is 65.1 Å². The SMILES string of the molecule is CCN1CCC(Nc2c(Cl)cnc3nc(-c4ccc(OCC(=O)NC)cc4C)[nH]c23)CC1. The smallest absolute Gasteiger partial charge is 0.257 e. The lowest BCUT2D eigenvalue weighted by atomic mass is 10.0. The van der Waals surface area contributed by atoms with Gasteiger partial charge in [-0.2, -0.15) is 0 Å². The lowest BCUT2D eigenvalue weighted by Gasteiger charge is -2.32. The molecule has 0 saturated carbocycles. The van der Waals surface area contributed by atoms with E-state index in [1.54, 1.807) is 13.2 Å². The Morgan fingerprint density at radius 3 is 2.81 bits per heavy atom. The third-order valence-electron chi connectivity index (χ3n) is 5.96. The highest BCUT2D eigenvalue weighted by Gasteiger charge is 2.21. The number of amides is 1. The average Bonchev–Trinajstić information content (AvgIpc) is 3.24. The zero-order chi connectivity index (χ0) is 22.7. The van der Waals surface area contributed by atoms with Crippen LogP contribution in [0.3, 0.4) is 0 Å². The molecule has 1 saturated heterocycles. The highest BCUT2D eigenvalue weighted by molar-refractivity contribution is 6.34. The molecule has 0 unspecified atom stereocenters. The second-order valence-electron chi connectivity index (χ2n) is 8.06. The summed E-state index contributed by atoms with van der Waals surface area (Å²) >= 11 is 6.53. The monoisotopic (exact) mass is 456 g/mol. The average molecular weight is 457 g/mol. The third kappa shape index (κ3) is 4.81. The van der Waals surface area contributed by atoms with Crippen molar-refractivity contribution in [2.75, 3.05) is 38.6 Å². The number of hydrogen-bond acceptors (Lipinski definition) is 6. The zero-order valence-corrected chi connectivity index (χ0v) is 19.4. The number of carbonyl (C=O) groups is 1. The molecule has 0 bridgehead atoms. The number of piperidine rings is 1. The van der Waals surface area contributed by atoms with Gasteiger partial charge in [-0.15, -0.1) is 0 Å². The van der Waals surface area contributed by atoms with Crippen LogP contribution in [0.5, 0.6) is 5.75 Å². The summed E-state index contributed by atoms with van der Waals surface area (Å²) in [6.07, 6.45) is 3.80. The molecule has 32 heavy (non-hydrogen) atoms. The summed E-state index contributed by atoms with van der Waals surface area (Å²) in [7, 11) is 1.58. The van der Waals surface area contributed by atoms with E-state index in [0.717, 1.165) is 54.8 Å². The van der Waals surface area contributed by atoms with Crippen LogP contribution in [0.4, 0.5) is 5.69 Å². The summed E-state index contributed by atoms with van der Waals surface area (Å²) < 4.78 is 5.54. The fraction of sp³-hybridized carbons (Fsp3) is 0.435. The minimum Gasteiger partial charge on any atom is -0.484 e. The molecule has 0 aliphatic carbocycles. The summed E-state index contributed by atoms with van der Waals surface area (Å²) in [6, 6.07) is 6.03. The van der Waals surface area contributed by atoms with Gasteiger partial charge in [-0.25, -0.2) is 9.97 Å². The lowest BCUT2D eigenvalue weighted by molar-refractivity contribution is -0.122. The minimum atomic E-state index is -0.174. The van der Waals surface area contributed by atoms with Crippen LogP contribution in [0.15, 0.2) is 24.4 Å². The van der Waals surface area contributed by atoms with Gasteiger partial charge in [-0.05, 0) is 50.1 Å². The number of H-pyrrole nitrogens is 1. The fourth-order valence-corrected chi connectivity index (χ4v) is 4.21. The number of hydrogen-bond donors (Lipinski definition) is 3. The van der Waals surface area contributed by atoms with E-state index in [-0.39, 0.29) is 12.5 Å². The number of imidazole rings is 1. The van der Waals surface area contributed by atoms with E-state index in [9.17, 15) is 4.79 Å². The quantitative estimate of drug-likeness (QED) is 0.502. The van der Waals surface area contributed by atoms with E-state index < -0.39 is 0 Å². The van der Waals surface area contributed by atoms with Gasteiger partial charge in [-0.3, -0.25) is 4.79 Å². The van der Waals surface area contributed by atoms with E-state index in [4.69, 9.17) is 21.3 Å². The summed E-state index contributed by atoms with van der Waals surface area (Å²) in [5, 5.41) is 6.76. The van der Waals surface area contributed by atoms with E-state index in [2.05, 4.69) is 32.4 Å². The first-order valence-corrected chi connectivity index (χ1v) is 11.3.